The highest BCUT2D eigenvalue weighted by Crippen LogP contribution is 2.26. The van der Waals surface area contributed by atoms with Gasteiger partial charge in [0.25, 0.3) is 11.8 Å². The van der Waals surface area contributed by atoms with Crippen LogP contribution >= 0.6 is 11.3 Å². The van der Waals surface area contributed by atoms with Crippen LogP contribution in [0.5, 0.6) is 0 Å². The van der Waals surface area contributed by atoms with Crippen molar-refractivity contribution in [2.45, 2.75) is 4.90 Å². The van der Waals surface area contributed by atoms with Crippen LogP contribution in [0.15, 0.2) is 46.8 Å². The van der Waals surface area contributed by atoms with Crippen LogP contribution in [0.25, 0.3) is 11.3 Å². The SMILES string of the molecule is COCCS(=O)(=O)c1ccc(C(=O)Nc2nc(-c3c[nH]c(C(N)=O)c3)cs2)cc1. The smallest absolute Gasteiger partial charge is 0.265 e. The molecule has 152 valence electrons. The Balaban J connectivity index is 1.69. The fourth-order valence-corrected chi connectivity index (χ4v) is 4.33. The summed E-state index contributed by atoms with van der Waals surface area (Å²) in [7, 11) is -2.03. The third kappa shape index (κ3) is 4.88. The van der Waals surface area contributed by atoms with E-state index in [4.69, 9.17) is 10.5 Å². The number of nitrogens with zero attached hydrogens (tertiary/aromatic N) is 1. The fourth-order valence-electron chi connectivity index (χ4n) is 2.44. The average Bonchev–Trinajstić information content (AvgIpc) is 3.36. The van der Waals surface area contributed by atoms with E-state index in [2.05, 4.69) is 15.3 Å². The summed E-state index contributed by atoms with van der Waals surface area (Å²) < 4.78 is 29.0. The number of anilines is 1. The number of benzene rings is 1. The zero-order valence-electron chi connectivity index (χ0n) is 15.3. The van der Waals surface area contributed by atoms with Gasteiger partial charge in [0.15, 0.2) is 15.0 Å². The van der Waals surface area contributed by atoms with E-state index in [1.165, 1.54) is 42.7 Å². The molecule has 11 heteroatoms. The number of ether oxygens (including phenoxy) is 1. The molecule has 0 spiro atoms. The Hall–Kier alpha value is -3.02. The molecule has 0 saturated carbocycles. The van der Waals surface area contributed by atoms with Gasteiger partial charge in [-0.1, -0.05) is 0 Å². The Kier molecular flexibility index (Phi) is 6.11. The van der Waals surface area contributed by atoms with E-state index >= 15 is 0 Å². The van der Waals surface area contributed by atoms with Crippen LogP contribution in [0, 0.1) is 0 Å². The van der Waals surface area contributed by atoms with Crippen molar-refractivity contribution in [1.82, 2.24) is 9.97 Å². The quantitative estimate of drug-likeness (QED) is 0.494. The maximum absolute atomic E-state index is 12.4. The van der Waals surface area contributed by atoms with Gasteiger partial charge in [-0.2, -0.15) is 0 Å². The van der Waals surface area contributed by atoms with Crippen LogP contribution in [-0.2, 0) is 14.6 Å². The van der Waals surface area contributed by atoms with Gasteiger partial charge in [-0.05, 0) is 30.3 Å². The molecule has 0 aliphatic carbocycles. The summed E-state index contributed by atoms with van der Waals surface area (Å²) in [6, 6.07) is 7.23. The molecule has 2 amide bonds. The number of aromatic nitrogens is 2. The Labute approximate surface area is 170 Å². The summed E-state index contributed by atoms with van der Waals surface area (Å²) in [6.45, 7) is 0.0963. The maximum Gasteiger partial charge on any atom is 0.265 e. The summed E-state index contributed by atoms with van der Waals surface area (Å²) >= 11 is 1.22. The van der Waals surface area contributed by atoms with Gasteiger partial charge in [0.2, 0.25) is 0 Å². The molecule has 3 rings (SSSR count). The molecule has 0 fully saturated rings. The number of aromatic amines is 1. The first-order valence-electron chi connectivity index (χ1n) is 8.37. The van der Waals surface area contributed by atoms with E-state index < -0.39 is 21.7 Å². The van der Waals surface area contributed by atoms with Crippen molar-refractivity contribution in [3.63, 3.8) is 0 Å². The van der Waals surface area contributed by atoms with E-state index in [9.17, 15) is 18.0 Å². The molecule has 0 aliphatic heterocycles. The van der Waals surface area contributed by atoms with Crippen LogP contribution in [0.4, 0.5) is 5.13 Å². The number of thiazole rings is 1. The maximum atomic E-state index is 12.4. The molecule has 0 unspecified atom stereocenters. The second kappa shape index (κ2) is 8.55. The molecule has 2 heterocycles. The number of rotatable bonds is 8. The first kappa shape index (κ1) is 20.7. The molecule has 29 heavy (non-hydrogen) atoms. The Bertz CT molecular complexity index is 1130. The second-order valence-corrected chi connectivity index (χ2v) is 8.96. The fraction of sp³-hybridized carbons (Fsp3) is 0.167. The number of hydrogen-bond donors (Lipinski definition) is 3. The molecule has 0 bridgehead atoms. The topological polar surface area (TPSA) is 144 Å². The minimum absolute atomic E-state index is 0.0963. The summed E-state index contributed by atoms with van der Waals surface area (Å²) in [5.41, 5.74) is 7.02. The molecule has 0 atom stereocenters. The number of primary amides is 1. The van der Waals surface area contributed by atoms with Gasteiger partial charge in [-0.15, -0.1) is 11.3 Å². The number of carbonyl (C=O) groups excluding carboxylic acids is 2. The van der Waals surface area contributed by atoms with Crippen molar-refractivity contribution in [3.8, 4) is 11.3 Å². The monoisotopic (exact) mass is 434 g/mol. The van der Waals surface area contributed by atoms with Gasteiger partial charge in [-0.25, -0.2) is 13.4 Å². The Morgan fingerprint density at radius 3 is 2.62 bits per heavy atom. The highest BCUT2D eigenvalue weighted by molar-refractivity contribution is 7.91. The largest absolute Gasteiger partial charge is 0.384 e. The molecule has 2 aromatic heterocycles. The minimum atomic E-state index is -3.46. The average molecular weight is 434 g/mol. The number of nitrogens with two attached hydrogens (primary N) is 1. The van der Waals surface area contributed by atoms with Crippen LogP contribution in [0.2, 0.25) is 0 Å². The molecule has 0 aliphatic rings. The van der Waals surface area contributed by atoms with E-state index in [1.54, 1.807) is 17.6 Å². The summed E-state index contributed by atoms with van der Waals surface area (Å²) in [5.74, 6) is -1.13. The second-order valence-electron chi connectivity index (χ2n) is 5.99. The molecular weight excluding hydrogens is 416 g/mol. The lowest BCUT2D eigenvalue weighted by Gasteiger charge is -2.05. The van der Waals surface area contributed by atoms with Crippen molar-refractivity contribution in [2.24, 2.45) is 5.73 Å². The zero-order chi connectivity index (χ0) is 21.0. The predicted molar refractivity (Wildman–Crippen MR) is 109 cm³/mol. The first-order chi connectivity index (χ1) is 13.8. The Morgan fingerprint density at radius 1 is 1.28 bits per heavy atom. The van der Waals surface area contributed by atoms with E-state index in [-0.39, 0.29) is 22.9 Å². The highest BCUT2D eigenvalue weighted by atomic mass is 32.2. The summed E-state index contributed by atoms with van der Waals surface area (Å²) in [6.07, 6.45) is 1.60. The van der Waals surface area contributed by atoms with Crippen molar-refractivity contribution < 1.29 is 22.7 Å². The summed E-state index contributed by atoms with van der Waals surface area (Å²) in [5, 5.41) is 4.76. The lowest BCUT2D eigenvalue weighted by molar-refractivity contribution is 0.0994. The molecule has 4 N–H and O–H groups in total. The first-order valence-corrected chi connectivity index (χ1v) is 10.9. The van der Waals surface area contributed by atoms with Gasteiger partial charge < -0.3 is 15.5 Å². The summed E-state index contributed by atoms with van der Waals surface area (Å²) in [4.78, 5) is 30.8. The van der Waals surface area contributed by atoms with Crippen molar-refractivity contribution in [3.05, 3.63) is 53.2 Å². The van der Waals surface area contributed by atoms with Crippen molar-refractivity contribution in [2.75, 3.05) is 24.8 Å². The molecule has 0 saturated heterocycles. The number of hydrogen-bond acceptors (Lipinski definition) is 7. The van der Waals surface area contributed by atoms with Gasteiger partial charge in [0.05, 0.1) is 22.9 Å². The van der Waals surface area contributed by atoms with Crippen molar-refractivity contribution in [1.29, 1.82) is 0 Å². The number of amides is 2. The number of H-pyrrole nitrogens is 1. The number of nitrogens with one attached hydrogen (secondary N) is 2. The zero-order valence-corrected chi connectivity index (χ0v) is 17.0. The third-order valence-corrected chi connectivity index (χ3v) is 6.45. The minimum Gasteiger partial charge on any atom is -0.384 e. The van der Waals surface area contributed by atoms with Gasteiger partial charge in [0.1, 0.15) is 5.69 Å². The molecule has 9 nitrogen and oxygen atoms in total. The normalized spacial score (nSPS) is 11.3. The number of sulfone groups is 1. The van der Waals surface area contributed by atoms with Crippen molar-refractivity contribution >= 4 is 38.1 Å². The van der Waals surface area contributed by atoms with Crippen LogP contribution in [-0.4, -0.2) is 49.7 Å². The van der Waals surface area contributed by atoms with Gasteiger partial charge in [-0.3, -0.25) is 14.9 Å². The highest BCUT2D eigenvalue weighted by Gasteiger charge is 2.16. The molecule has 1 aromatic carbocycles. The number of carbonyl (C=O) groups is 2. The lowest BCUT2D eigenvalue weighted by atomic mass is 10.2. The van der Waals surface area contributed by atoms with Gasteiger partial charge in [0, 0.05) is 29.8 Å². The van der Waals surface area contributed by atoms with E-state index in [0.29, 0.717) is 22.0 Å². The molecule has 3 aromatic rings. The molecular formula is C18H18N4O5S2. The predicted octanol–water partition coefficient (Wildman–Crippen LogP) is 1.91. The molecule has 0 radical (unpaired) electrons. The van der Waals surface area contributed by atoms with Crippen LogP contribution in [0.3, 0.4) is 0 Å². The van der Waals surface area contributed by atoms with Crippen LogP contribution < -0.4 is 11.1 Å². The van der Waals surface area contributed by atoms with Gasteiger partial charge >= 0.3 is 0 Å². The third-order valence-electron chi connectivity index (χ3n) is 4.00. The van der Waals surface area contributed by atoms with E-state index in [0.717, 1.165) is 0 Å². The Morgan fingerprint density at radius 2 is 2.00 bits per heavy atom. The number of methoxy groups -OCH3 is 1. The van der Waals surface area contributed by atoms with Crippen LogP contribution in [0.1, 0.15) is 20.8 Å². The lowest BCUT2D eigenvalue weighted by Crippen LogP contribution is -2.14. The standard InChI is InChI=1S/C18H18N4O5S2/c1-27-6-7-29(25,26)13-4-2-11(3-5-13)17(24)22-18-21-15(10-28-18)12-8-14(16(19)23)20-9-12/h2-5,8-10,20H,6-7H2,1H3,(H2,19,23)(H,21,22,24). The van der Waals surface area contributed by atoms with E-state index in [1.807, 2.05) is 0 Å².